The van der Waals surface area contributed by atoms with E-state index in [4.69, 9.17) is 5.73 Å². The van der Waals surface area contributed by atoms with Crippen LogP contribution in [-0.4, -0.2) is 15.9 Å². The quantitative estimate of drug-likeness (QED) is 0.647. The second-order valence-corrected chi connectivity index (χ2v) is 4.09. The number of nitro benzene ring substituents is 1. The minimum Gasteiger partial charge on any atom is -0.328 e. The van der Waals surface area contributed by atoms with Crippen molar-refractivity contribution < 1.29 is 4.92 Å². The van der Waals surface area contributed by atoms with E-state index >= 15 is 0 Å². The molecule has 2 aromatic rings. The molecule has 2 N–H and O–H groups in total. The van der Waals surface area contributed by atoms with Crippen molar-refractivity contribution in [2.24, 2.45) is 5.73 Å². The van der Waals surface area contributed by atoms with Crippen LogP contribution < -0.4 is 5.73 Å². The van der Waals surface area contributed by atoms with Gasteiger partial charge < -0.3 is 5.73 Å². The molecule has 0 aliphatic rings. The molecule has 0 bridgehead atoms. The van der Waals surface area contributed by atoms with Crippen molar-refractivity contribution in [2.45, 2.75) is 19.4 Å². The summed E-state index contributed by atoms with van der Waals surface area (Å²) in [5.74, 6) is 0. The first-order valence-corrected chi connectivity index (χ1v) is 5.36. The van der Waals surface area contributed by atoms with Crippen LogP contribution in [0.25, 0.3) is 10.9 Å². The maximum atomic E-state index is 11.1. The predicted octanol–water partition coefficient (Wildman–Crippen LogP) is 2.03. The second-order valence-electron chi connectivity index (χ2n) is 4.09. The Morgan fingerprint density at radius 1 is 1.47 bits per heavy atom. The van der Waals surface area contributed by atoms with Crippen LogP contribution in [0.5, 0.6) is 0 Å². The van der Waals surface area contributed by atoms with Crippen LogP contribution in [0, 0.1) is 10.1 Å². The van der Waals surface area contributed by atoms with Crippen molar-refractivity contribution in [3.8, 4) is 0 Å². The minimum absolute atomic E-state index is 0.0698. The summed E-state index contributed by atoms with van der Waals surface area (Å²) in [7, 11) is 0. The van der Waals surface area contributed by atoms with Crippen molar-refractivity contribution in [2.75, 3.05) is 0 Å². The molecule has 0 fully saturated rings. The summed E-state index contributed by atoms with van der Waals surface area (Å²) in [6, 6.07) is 7.05. The van der Waals surface area contributed by atoms with E-state index in [1.807, 2.05) is 19.1 Å². The summed E-state index contributed by atoms with van der Waals surface area (Å²) in [6.07, 6.45) is 2.04. The number of nitro groups is 1. The lowest BCUT2D eigenvalue weighted by Gasteiger charge is -2.07. The highest BCUT2D eigenvalue weighted by molar-refractivity contribution is 5.88. The number of rotatable bonds is 3. The molecule has 5 heteroatoms. The van der Waals surface area contributed by atoms with E-state index in [-0.39, 0.29) is 16.7 Å². The average Bonchev–Trinajstić information content (AvgIpc) is 2.27. The van der Waals surface area contributed by atoms with Crippen LogP contribution >= 0.6 is 0 Å². The van der Waals surface area contributed by atoms with Crippen LogP contribution in [0.2, 0.25) is 0 Å². The van der Waals surface area contributed by atoms with Gasteiger partial charge >= 0.3 is 0 Å². The maximum Gasteiger partial charge on any atom is 0.298 e. The molecule has 88 valence electrons. The van der Waals surface area contributed by atoms with Gasteiger partial charge in [0.25, 0.3) is 5.69 Å². The Morgan fingerprint density at radius 2 is 2.24 bits per heavy atom. The van der Waals surface area contributed by atoms with Gasteiger partial charge in [-0.1, -0.05) is 18.2 Å². The Balaban J connectivity index is 2.68. The summed E-state index contributed by atoms with van der Waals surface area (Å²) < 4.78 is 0. The van der Waals surface area contributed by atoms with Crippen molar-refractivity contribution in [3.05, 3.63) is 46.1 Å². The van der Waals surface area contributed by atoms with Crippen LogP contribution in [0.15, 0.2) is 30.5 Å². The normalized spacial score (nSPS) is 12.6. The molecule has 1 aromatic carbocycles. The maximum absolute atomic E-state index is 11.1. The molecule has 0 aliphatic carbocycles. The van der Waals surface area contributed by atoms with Crippen LogP contribution in [0.3, 0.4) is 0 Å². The molecule has 0 spiro atoms. The third kappa shape index (κ3) is 2.24. The van der Waals surface area contributed by atoms with E-state index in [9.17, 15) is 10.1 Å². The molecular formula is C12H13N3O2. The van der Waals surface area contributed by atoms with Crippen molar-refractivity contribution >= 4 is 16.6 Å². The zero-order valence-electron chi connectivity index (χ0n) is 9.46. The molecule has 2 rings (SSSR count). The van der Waals surface area contributed by atoms with Gasteiger partial charge in [-0.3, -0.25) is 10.1 Å². The molecule has 0 saturated heterocycles. The van der Waals surface area contributed by atoms with Gasteiger partial charge in [0.15, 0.2) is 0 Å². The van der Waals surface area contributed by atoms with Gasteiger partial charge in [0.1, 0.15) is 5.52 Å². The van der Waals surface area contributed by atoms with Crippen LogP contribution in [0.1, 0.15) is 12.5 Å². The minimum atomic E-state index is -0.382. The molecular weight excluding hydrogens is 218 g/mol. The molecule has 1 heterocycles. The lowest BCUT2D eigenvalue weighted by atomic mass is 10.0. The van der Waals surface area contributed by atoms with Gasteiger partial charge in [-0.05, 0) is 19.4 Å². The zero-order valence-corrected chi connectivity index (χ0v) is 9.46. The largest absolute Gasteiger partial charge is 0.328 e. The van der Waals surface area contributed by atoms with Crippen molar-refractivity contribution in [1.29, 1.82) is 0 Å². The summed E-state index contributed by atoms with van der Waals surface area (Å²) >= 11 is 0. The van der Waals surface area contributed by atoms with Gasteiger partial charge in [-0.15, -0.1) is 0 Å². The first-order valence-electron chi connectivity index (χ1n) is 5.36. The highest BCUT2D eigenvalue weighted by atomic mass is 16.6. The molecule has 0 radical (unpaired) electrons. The topological polar surface area (TPSA) is 82.0 Å². The fraction of sp³-hybridized carbons (Fsp3) is 0.250. The highest BCUT2D eigenvalue weighted by Gasteiger charge is 2.19. The monoisotopic (exact) mass is 231 g/mol. The van der Waals surface area contributed by atoms with E-state index in [1.54, 1.807) is 18.3 Å². The molecule has 0 aliphatic heterocycles. The number of hydrogen-bond acceptors (Lipinski definition) is 4. The number of fused-ring (bicyclic) bond motifs is 1. The molecule has 1 atom stereocenters. The average molecular weight is 231 g/mol. The fourth-order valence-electron chi connectivity index (χ4n) is 1.89. The summed E-state index contributed by atoms with van der Waals surface area (Å²) in [5, 5.41) is 11.9. The fourth-order valence-corrected chi connectivity index (χ4v) is 1.89. The lowest BCUT2D eigenvalue weighted by Crippen LogP contribution is -2.18. The Hall–Kier alpha value is -2.01. The van der Waals surface area contributed by atoms with Crippen molar-refractivity contribution in [3.63, 3.8) is 0 Å². The Bertz CT molecular complexity index is 567. The van der Waals surface area contributed by atoms with Gasteiger partial charge in [0, 0.05) is 23.2 Å². The van der Waals surface area contributed by atoms with Crippen molar-refractivity contribution in [1.82, 2.24) is 4.98 Å². The van der Waals surface area contributed by atoms with E-state index in [0.29, 0.717) is 17.5 Å². The first kappa shape index (κ1) is 11.5. The molecule has 0 amide bonds. The summed E-state index contributed by atoms with van der Waals surface area (Å²) in [6.45, 7) is 1.83. The number of hydrogen-bond donors (Lipinski definition) is 1. The number of nitrogens with two attached hydrogens (primary N) is 1. The lowest BCUT2D eigenvalue weighted by molar-refractivity contribution is -0.383. The molecule has 5 nitrogen and oxygen atoms in total. The molecule has 17 heavy (non-hydrogen) atoms. The summed E-state index contributed by atoms with van der Waals surface area (Å²) in [4.78, 5) is 14.8. The SMILES string of the molecule is CC(N)Cc1ccc2cccnc2c1[N+](=O)[O-]. The number of aromatic nitrogens is 1. The third-order valence-corrected chi connectivity index (χ3v) is 2.56. The van der Waals surface area contributed by atoms with Gasteiger partial charge in [-0.2, -0.15) is 0 Å². The van der Waals surface area contributed by atoms with Gasteiger partial charge in [0.2, 0.25) is 0 Å². The number of pyridine rings is 1. The molecule has 1 unspecified atom stereocenters. The van der Waals surface area contributed by atoms with E-state index in [1.165, 1.54) is 0 Å². The number of benzene rings is 1. The van der Waals surface area contributed by atoms with Crippen LogP contribution in [-0.2, 0) is 6.42 Å². The molecule has 0 saturated carbocycles. The van der Waals surface area contributed by atoms with Gasteiger partial charge in [0.05, 0.1) is 4.92 Å². The van der Waals surface area contributed by atoms with Crippen LogP contribution in [0.4, 0.5) is 5.69 Å². The zero-order chi connectivity index (χ0) is 12.4. The second kappa shape index (κ2) is 4.47. The van der Waals surface area contributed by atoms with E-state index in [0.717, 1.165) is 5.39 Å². The third-order valence-electron chi connectivity index (χ3n) is 2.56. The molecule has 1 aromatic heterocycles. The number of nitrogens with zero attached hydrogens (tertiary/aromatic N) is 2. The Morgan fingerprint density at radius 3 is 2.88 bits per heavy atom. The standard InChI is InChI=1S/C12H13N3O2/c1-8(13)7-10-5-4-9-3-2-6-14-11(9)12(10)15(16)17/h2-6,8H,7,13H2,1H3. The Labute approximate surface area is 98.4 Å². The Kier molecular flexibility index (Phi) is 3.01. The highest BCUT2D eigenvalue weighted by Crippen LogP contribution is 2.28. The smallest absolute Gasteiger partial charge is 0.298 e. The van der Waals surface area contributed by atoms with Gasteiger partial charge in [-0.25, -0.2) is 4.98 Å². The van der Waals surface area contributed by atoms with E-state index in [2.05, 4.69) is 4.98 Å². The van der Waals surface area contributed by atoms with E-state index < -0.39 is 0 Å². The summed E-state index contributed by atoms with van der Waals surface area (Å²) in [5.41, 5.74) is 6.83. The predicted molar refractivity (Wildman–Crippen MR) is 65.8 cm³/mol. The first-order chi connectivity index (χ1) is 8.09.